The standard InChI is InChI=1S/C20H23N3/c1-5-8-9-19-18(7-3)22-20(23-19)16-10-12-17(13-11-16)21-14-15(4)6-2/h5-13,21H,2,4,14H2,1,3H3,(H,22,23)/b8-5-,18-7+,19-9+. The van der Waals surface area contributed by atoms with E-state index in [1.807, 2.05) is 50.3 Å². The zero-order valence-corrected chi connectivity index (χ0v) is 13.8. The molecular formula is C20H23N3. The molecule has 2 rings (SSSR count). The number of nitrogens with one attached hydrogen (secondary N) is 2. The lowest BCUT2D eigenvalue weighted by atomic mass is 10.2. The lowest BCUT2D eigenvalue weighted by molar-refractivity contribution is 1.26. The van der Waals surface area contributed by atoms with Gasteiger partial charge >= 0.3 is 0 Å². The number of hydrogen-bond donors (Lipinski definition) is 2. The van der Waals surface area contributed by atoms with Crippen LogP contribution in [0.25, 0.3) is 23.5 Å². The van der Waals surface area contributed by atoms with Gasteiger partial charge in [0.1, 0.15) is 5.82 Å². The van der Waals surface area contributed by atoms with Crippen LogP contribution >= 0.6 is 0 Å². The minimum absolute atomic E-state index is 0.695. The van der Waals surface area contributed by atoms with E-state index < -0.39 is 0 Å². The van der Waals surface area contributed by atoms with Gasteiger partial charge in [0.15, 0.2) is 0 Å². The molecule has 118 valence electrons. The Labute approximate surface area is 137 Å². The van der Waals surface area contributed by atoms with Crippen LogP contribution in [0.5, 0.6) is 0 Å². The van der Waals surface area contributed by atoms with Gasteiger partial charge < -0.3 is 10.3 Å². The van der Waals surface area contributed by atoms with Crippen LogP contribution in [0, 0.1) is 0 Å². The van der Waals surface area contributed by atoms with Crippen LogP contribution in [0.2, 0.25) is 0 Å². The number of allylic oxidation sites excluding steroid dienone is 2. The van der Waals surface area contributed by atoms with E-state index in [4.69, 9.17) is 0 Å². The Kier molecular flexibility index (Phi) is 5.75. The summed E-state index contributed by atoms with van der Waals surface area (Å²) >= 11 is 0. The zero-order valence-electron chi connectivity index (χ0n) is 13.8. The average molecular weight is 305 g/mol. The summed E-state index contributed by atoms with van der Waals surface area (Å²) in [7, 11) is 0. The Hall–Kier alpha value is -2.81. The normalized spacial score (nSPS) is 12.8. The van der Waals surface area contributed by atoms with Gasteiger partial charge in [-0.2, -0.15) is 0 Å². The van der Waals surface area contributed by atoms with Gasteiger partial charge in [-0.15, -0.1) is 0 Å². The number of aromatic nitrogens is 2. The van der Waals surface area contributed by atoms with E-state index in [0.717, 1.165) is 33.3 Å². The predicted molar refractivity (Wildman–Crippen MR) is 101 cm³/mol. The van der Waals surface area contributed by atoms with E-state index in [0.29, 0.717) is 6.54 Å². The van der Waals surface area contributed by atoms with E-state index >= 15 is 0 Å². The second kappa shape index (κ2) is 7.99. The van der Waals surface area contributed by atoms with Crippen molar-refractivity contribution in [3.63, 3.8) is 0 Å². The molecule has 2 N–H and O–H groups in total. The summed E-state index contributed by atoms with van der Waals surface area (Å²) in [6, 6.07) is 8.19. The molecule has 0 amide bonds. The van der Waals surface area contributed by atoms with Crippen LogP contribution in [0.3, 0.4) is 0 Å². The number of imidazole rings is 1. The number of nitrogens with zero attached hydrogens (tertiary/aromatic N) is 1. The molecule has 0 atom stereocenters. The molecule has 0 saturated heterocycles. The monoisotopic (exact) mass is 305 g/mol. The van der Waals surface area contributed by atoms with E-state index in [-0.39, 0.29) is 0 Å². The van der Waals surface area contributed by atoms with Gasteiger partial charge in [0, 0.05) is 17.8 Å². The van der Waals surface area contributed by atoms with E-state index in [1.54, 1.807) is 6.08 Å². The summed E-state index contributed by atoms with van der Waals surface area (Å²) in [5, 5.41) is 5.29. The second-order valence-corrected chi connectivity index (χ2v) is 5.16. The van der Waals surface area contributed by atoms with Crippen molar-refractivity contribution < 1.29 is 0 Å². The summed E-state index contributed by atoms with van der Waals surface area (Å²) in [4.78, 5) is 8.01. The molecule has 0 bridgehead atoms. The van der Waals surface area contributed by atoms with Crippen molar-refractivity contribution >= 4 is 17.8 Å². The molecule has 0 spiro atoms. The van der Waals surface area contributed by atoms with Crippen molar-refractivity contribution in [1.29, 1.82) is 0 Å². The number of anilines is 1. The van der Waals surface area contributed by atoms with Crippen molar-refractivity contribution in [3.05, 3.63) is 71.9 Å². The van der Waals surface area contributed by atoms with Crippen LogP contribution in [-0.4, -0.2) is 16.5 Å². The molecule has 0 saturated carbocycles. The zero-order chi connectivity index (χ0) is 16.7. The third kappa shape index (κ3) is 4.33. The van der Waals surface area contributed by atoms with E-state index in [2.05, 4.69) is 40.6 Å². The fraction of sp³-hybridized carbons (Fsp3) is 0.150. The molecule has 0 aliphatic carbocycles. The van der Waals surface area contributed by atoms with Crippen molar-refractivity contribution in [2.45, 2.75) is 13.8 Å². The van der Waals surface area contributed by atoms with Gasteiger partial charge in [-0.25, -0.2) is 4.98 Å². The van der Waals surface area contributed by atoms with E-state index in [1.165, 1.54) is 0 Å². The molecule has 0 aliphatic rings. The summed E-state index contributed by atoms with van der Waals surface area (Å²) in [5.74, 6) is 0.871. The highest BCUT2D eigenvalue weighted by atomic mass is 14.9. The van der Waals surface area contributed by atoms with Gasteiger partial charge in [-0.05, 0) is 49.8 Å². The molecule has 0 unspecified atom stereocenters. The van der Waals surface area contributed by atoms with Crippen LogP contribution in [0.4, 0.5) is 5.69 Å². The summed E-state index contributed by atoms with van der Waals surface area (Å²) < 4.78 is 0. The molecule has 3 heteroatoms. The average Bonchev–Trinajstić information content (AvgIpc) is 3.01. The number of H-pyrrole nitrogens is 1. The quantitative estimate of drug-likeness (QED) is 0.803. The third-order valence-corrected chi connectivity index (χ3v) is 3.46. The largest absolute Gasteiger partial charge is 0.381 e. The minimum atomic E-state index is 0.695. The molecular weight excluding hydrogens is 282 g/mol. The molecule has 0 aliphatic heterocycles. The van der Waals surface area contributed by atoms with Gasteiger partial charge in [-0.1, -0.05) is 37.5 Å². The van der Waals surface area contributed by atoms with Crippen LogP contribution in [0.1, 0.15) is 13.8 Å². The van der Waals surface area contributed by atoms with Crippen molar-refractivity contribution in [2.24, 2.45) is 0 Å². The van der Waals surface area contributed by atoms with Crippen LogP contribution < -0.4 is 16.0 Å². The maximum atomic E-state index is 4.64. The Morgan fingerprint density at radius 3 is 2.61 bits per heavy atom. The lowest BCUT2D eigenvalue weighted by Gasteiger charge is -2.06. The highest BCUT2D eigenvalue weighted by Crippen LogP contribution is 2.16. The molecule has 1 aromatic heterocycles. The number of benzene rings is 1. The highest BCUT2D eigenvalue weighted by molar-refractivity contribution is 5.60. The first-order valence-corrected chi connectivity index (χ1v) is 7.67. The smallest absolute Gasteiger partial charge is 0.138 e. The topological polar surface area (TPSA) is 40.7 Å². The second-order valence-electron chi connectivity index (χ2n) is 5.16. The Morgan fingerprint density at radius 1 is 1.26 bits per heavy atom. The molecule has 3 nitrogen and oxygen atoms in total. The SMILES string of the molecule is C=CC(=C)CNc1ccc(-c2nc(=C/C)/c(=C\C=C/C)[nH]2)cc1. The van der Waals surface area contributed by atoms with Crippen molar-refractivity contribution in [2.75, 3.05) is 11.9 Å². The first-order valence-electron chi connectivity index (χ1n) is 7.67. The lowest BCUT2D eigenvalue weighted by Crippen LogP contribution is -2.23. The van der Waals surface area contributed by atoms with Gasteiger partial charge in [0.2, 0.25) is 0 Å². The molecule has 1 heterocycles. The maximum absolute atomic E-state index is 4.64. The molecule has 23 heavy (non-hydrogen) atoms. The number of hydrogen-bond acceptors (Lipinski definition) is 2. The summed E-state index contributed by atoms with van der Waals surface area (Å²) in [6.07, 6.45) is 9.80. The van der Waals surface area contributed by atoms with E-state index in [9.17, 15) is 0 Å². The van der Waals surface area contributed by atoms with Crippen molar-refractivity contribution in [3.8, 4) is 11.4 Å². The molecule has 2 aromatic rings. The molecule has 1 aromatic carbocycles. The van der Waals surface area contributed by atoms with Gasteiger partial charge in [-0.3, -0.25) is 0 Å². The number of aromatic amines is 1. The number of rotatable bonds is 6. The predicted octanol–water partition coefficient (Wildman–Crippen LogP) is 3.39. The molecule has 0 radical (unpaired) electrons. The Balaban J connectivity index is 2.24. The fourth-order valence-corrected chi connectivity index (χ4v) is 2.11. The maximum Gasteiger partial charge on any atom is 0.138 e. The first-order chi connectivity index (χ1) is 11.2. The van der Waals surface area contributed by atoms with Gasteiger partial charge in [0.25, 0.3) is 0 Å². The first kappa shape index (κ1) is 16.6. The summed E-state index contributed by atoms with van der Waals surface area (Å²) in [6.45, 7) is 12.3. The van der Waals surface area contributed by atoms with Gasteiger partial charge in [0.05, 0.1) is 10.7 Å². The Morgan fingerprint density at radius 2 is 2.00 bits per heavy atom. The Bertz CT molecular complexity index is 821. The summed E-state index contributed by atoms with van der Waals surface area (Å²) in [5.41, 5.74) is 3.07. The van der Waals surface area contributed by atoms with Crippen LogP contribution in [0.15, 0.2) is 61.2 Å². The minimum Gasteiger partial charge on any atom is -0.381 e. The fourth-order valence-electron chi connectivity index (χ4n) is 2.11. The third-order valence-electron chi connectivity index (χ3n) is 3.46. The highest BCUT2D eigenvalue weighted by Gasteiger charge is 2.02. The molecule has 0 fully saturated rings. The van der Waals surface area contributed by atoms with Crippen LogP contribution in [-0.2, 0) is 0 Å². The van der Waals surface area contributed by atoms with Crippen molar-refractivity contribution in [1.82, 2.24) is 9.97 Å².